The van der Waals surface area contributed by atoms with Gasteiger partial charge in [-0.05, 0) is 37.0 Å². The number of benzene rings is 1. The highest BCUT2D eigenvalue weighted by atomic mass is 32.2. The molecular weight excluding hydrogens is 491 g/mol. The fourth-order valence-electron chi connectivity index (χ4n) is 4.47. The molecule has 2 aliphatic rings. The Bertz CT molecular complexity index is 1350. The maximum atomic E-state index is 13.9. The SMILES string of the molecule is CC(=O)N1CCc2c(sc3nc(SCC(=O)Nc4ccccc4F)n(C[C@H]4CCCO4)c(=O)c23)C1. The zero-order chi connectivity index (χ0) is 24.5. The Kier molecular flexibility index (Phi) is 6.90. The lowest BCUT2D eigenvalue weighted by Gasteiger charge is -2.25. The Balaban J connectivity index is 1.45. The van der Waals surface area contributed by atoms with Gasteiger partial charge in [0, 0.05) is 25.0 Å². The number of nitrogens with zero attached hydrogens (tertiary/aromatic N) is 3. The number of rotatable bonds is 6. The van der Waals surface area contributed by atoms with Crippen molar-refractivity contribution in [1.82, 2.24) is 14.5 Å². The van der Waals surface area contributed by atoms with Crippen LogP contribution in [0.1, 0.15) is 30.2 Å². The van der Waals surface area contributed by atoms with E-state index in [2.05, 4.69) is 5.32 Å². The number of anilines is 1. The quantitative estimate of drug-likeness (QED) is 0.399. The van der Waals surface area contributed by atoms with Crippen LogP contribution in [0, 0.1) is 5.82 Å². The first kappa shape index (κ1) is 24.0. The van der Waals surface area contributed by atoms with Gasteiger partial charge in [0.15, 0.2) is 5.16 Å². The minimum Gasteiger partial charge on any atom is -0.376 e. The molecule has 1 aromatic carbocycles. The third-order valence-corrected chi connectivity index (χ3v) is 8.35. The summed E-state index contributed by atoms with van der Waals surface area (Å²) in [7, 11) is 0. The number of thioether (sulfide) groups is 1. The maximum absolute atomic E-state index is 13.9. The second kappa shape index (κ2) is 10.1. The zero-order valence-electron chi connectivity index (χ0n) is 19.2. The molecule has 3 aromatic rings. The summed E-state index contributed by atoms with van der Waals surface area (Å²) in [6, 6.07) is 5.98. The van der Waals surface area contributed by atoms with Crippen LogP contribution >= 0.6 is 23.1 Å². The highest BCUT2D eigenvalue weighted by Gasteiger charge is 2.27. The first-order valence-corrected chi connectivity index (χ1v) is 13.3. The van der Waals surface area contributed by atoms with E-state index in [1.807, 2.05) is 0 Å². The van der Waals surface area contributed by atoms with Crippen molar-refractivity contribution in [3.63, 3.8) is 0 Å². The first-order chi connectivity index (χ1) is 16.9. The first-order valence-electron chi connectivity index (χ1n) is 11.5. The Labute approximate surface area is 209 Å². The van der Waals surface area contributed by atoms with E-state index in [1.54, 1.807) is 28.5 Å². The Morgan fingerprint density at radius 2 is 2.17 bits per heavy atom. The molecule has 2 aromatic heterocycles. The number of hydrogen-bond donors (Lipinski definition) is 1. The smallest absolute Gasteiger partial charge is 0.263 e. The number of hydrogen-bond acceptors (Lipinski definition) is 7. The van der Waals surface area contributed by atoms with Crippen LogP contribution in [-0.2, 0) is 33.8 Å². The summed E-state index contributed by atoms with van der Waals surface area (Å²) < 4.78 is 21.3. The molecule has 0 aliphatic carbocycles. The van der Waals surface area contributed by atoms with Crippen molar-refractivity contribution in [3.8, 4) is 0 Å². The highest BCUT2D eigenvalue weighted by Crippen LogP contribution is 2.34. The molecule has 0 spiro atoms. The third kappa shape index (κ3) is 4.98. The average Bonchev–Trinajstić information content (AvgIpc) is 3.48. The average molecular weight is 517 g/mol. The van der Waals surface area contributed by atoms with Crippen LogP contribution in [0.4, 0.5) is 10.1 Å². The second-order valence-electron chi connectivity index (χ2n) is 8.64. The van der Waals surface area contributed by atoms with Crippen LogP contribution in [0.25, 0.3) is 10.2 Å². The molecule has 4 heterocycles. The van der Waals surface area contributed by atoms with Crippen molar-refractivity contribution >= 4 is 50.8 Å². The highest BCUT2D eigenvalue weighted by molar-refractivity contribution is 7.99. The minimum absolute atomic E-state index is 0.00830. The summed E-state index contributed by atoms with van der Waals surface area (Å²) in [6.07, 6.45) is 2.33. The van der Waals surface area contributed by atoms with Gasteiger partial charge in [0.1, 0.15) is 10.6 Å². The molecule has 0 bridgehead atoms. The minimum atomic E-state index is -0.510. The third-order valence-electron chi connectivity index (χ3n) is 6.26. The van der Waals surface area contributed by atoms with E-state index < -0.39 is 5.82 Å². The van der Waals surface area contributed by atoms with Crippen molar-refractivity contribution in [1.29, 1.82) is 0 Å². The van der Waals surface area contributed by atoms with E-state index in [0.717, 1.165) is 35.0 Å². The largest absolute Gasteiger partial charge is 0.376 e. The number of carbonyl (C=O) groups is 2. The normalized spacial score (nSPS) is 17.5. The monoisotopic (exact) mass is 516 g/mol. The summed E-state index contributed by atoms with van der Waals surface area (Å²) in [4.78, 5) is 46.2. The maximum Gasteiger partial charge on any atom is 0.263 e. The number of fused-ring (bicyclic) bond motifs is 3. The second-order valence-corrected chi connectivity index (χ2v) is 10.7. The molecular formula is C24H25FN4O4S2. The molecule has 1 saturated heterocycles. The van der Waals surface area contributed by atoms with Gasteiger partial charge in [-0.25, -0.2) is 9.37 Å². The van der Waals surface area contributed by atoms with Gasteiger partial charge >= 0.3 is 0 Å². The van der Waals surface area contributed by atoms with Crippen molar-refractivity contribution < 1.29 is 18.7 Å². The lowest BCUT2D eigenvalue weighted by atomic mass is 10.1. The topological polar surface area (TPSA) is 93.5 Å². The summed E-state index contributed by atoms with van der Waals surface area (Å²) in [5.41, 5.74) is 0.936. The number of carbonyl (C=O) groups excluding carboxylic acids is 2. The number of thiophene rings is 1. The molecule has 184 valence electrons. The number of para-hydroxylation sites is 1. The van der Waals surface area contributed by atoms with Crippen LogP contribution in [0.5, 0.6) is 0 Å². The van der Waals surface area contributed by atoms with E-state index in [9.17, 15) is 18.8 Å². The van der Waals surface area contributed by atoms with Gasteiger partial charge in [0.05, 0.1) is 36.0 Å². The van der Waals surface area contributed by atoms with Gasteiger partial charge in [-0.3, -0.25) is 19.0 Å². The molecule has 1 atom stereocenters. The van der Waals surface area contributed by atoms with Crippen molar-refractivity contribution in [2.75, 3.05) is 24.2 Å². The number of halogens is 1. The Morgan fingerprint density at radius 3 is 2.91 bits per heavy atom. The van der Waals surface area contributed by atoms with E-state index >= 15 is 0 Å². The molecule has 11 heteroatoms. The van der Waals surface area contributed by atoms with Crippen molar-refractivity contribution in [3.05, 3.63) is 50.9 Å². The van der Waals surface area contributed by atoms with E-state index in [4.69, 9.17) is 9.72 Å². The van der Waals surface area contributed by atoms with Crippen molar-refractivity contribution in [2.45, 2.75) is 50.5 Å². The zero-order valence-corrected chi connectivity index (χ0v) is 20.8. The molecule has 0 radical (unpaired) electrons. The van der Waals surface area contributed by atoms with Crippen LogP contribution < -0.4 is 10.9 Å². The van der Waals surface area contributed by atoms with Crippen molar-refractivity contribution in [2.24, 2.45) is 0 Å². The van der Waals surface area contributed by atoms with E-state index in [0.29, 0.717) is 48.0 Å². The summed E-state index contributed by atoms with van der Waals surface area (Å²) in [5.74, 6) is -0.916. The summed E-state index contributed by atoms with van der Waals surface area (Å²) >= 11 is 2.57. The van der Waals surface area contributed by atoms with Gasteiger partial charge in [0.2, 0.25) is 11.8 Å². The standard InChI is InChI=1S/C24H25FN4O4S2/c1-14(30)28-9-8-16-19(12-28)35-22-21(16)23(32)29(11-15-5-4-10-33-15)24(27-22)34-13-20(31)26-18-7-3-2-6-17(18)25/h2-3,6-7,15H,4-5,8-13H2,1H3,(H,26,31)/t15-/m1/s1. The lowest BCUT2D eigenvalue weighted by Crippen LogP contribution is -2.34. The molecule has 1 fully saturated rings. The fraction of sp³-hybridized carbons (Fsp3) is 0.417. The number of nitrogens with one attached hydrogen (secondary N) is 1. The summed E-state index contributed by atoms with van der Waals surface area (Å²) in [6.45, 7) is 3.63. The summed E-state index contributed by atoms with van der Waals surface area (Å²) in [5, 5.41) is 3.61. The van der Waals surface area contributed by atoms with Crippen LogP contribution in [0.15, 0.2) is 34.2 Å². The Hall–Kier alpha value is -2.76. The van der Waals surface area contributed by atoms with Gasteiger partial charge in [0.25, 0.3) is 5.56 Å². The molecule has 1 N–H and O–H groups in total. The molecule has 8 nitrogen and oxygen atoms in total. The predicted octanol–water partition coefficient (Wildman–Crippen LogP) is 3.41. The van der Waals surface area contributed by atoms with E-state index in [-0.39, 0.29) is 34.9 Å². The van der Waals surface area contributed by atoms with Gasteiger partial charge in [-0.1, -0.05) is 23.9 Å². The van der Waals surface area contributed by atoms with E-state index in [1.165, 1.54) is 23.5 Å². The lowest BCUT2D eigenvalue weighted by molar-refractivity contribution is -0.129. The molecule has 2 amide bonds. The number of ether oxygens (including phenoxy) is 1. The molecule has 0 unspecified atom stereocenters. The van der Waals surface area contributed by atoms with Crippen LogP contribution in [0.3, 0.4) is 0 Å². The van der Waals surface area contributed by atoms with Gasteiger partial charge in [-0.2, -0.15) is 0 Å². The fourth-order valence-corrected chi connectivity index (χ4v) is 6.55. The molecule has 35 heavy (non-hydrogen) atoms. The predicted molar refractivity (Wildman–Crippen MR) is 133 cm³/mol. The van der Waals surface area contributed by atoms with Gasteiger partial charge < -0.3 is 15.0 Å². The number of aromatic nitrogens is 2. The molecule has 2 aliphatic heterocycles. The Morgan fingerprint density at radius 1 is 1.34 bits per heavy atom. The molecule has 0 saturated carbocycles. The van der Waals surface area contributed by atoms with Crippen LogP contribution in [-0.4, -0.2) is 51.3 Å². The van der Waals surface area contributed by atoms with Gasteiger partial charge in [-0.15, -0.1) is 11.3 Å². The van der Waals surface area contributed by atoms with Crippen LogP contribution in [0.2, 0.25) is 0 Å². The number of amides is 2. The molecule has 5 rings (SSSR count).